The molecule has 1 aliphatic rings. The highest BCUT2D eigenvalue weighted by Gasteiger charge is 2.18. The van der Waals surface area contributed by atoms with Gasteiger partial charge >= 0.3 is 0 Å². The van der Waals surface area contributed by atoms with Crippen LogP contribution >= 0.6 is 22.6 Å². The largest absolute Gasteiger partial charge is 0.299 e. The van der Waals surface area contributed by atoms with Crippen LogP contribution in [-0.4, -0.2) is 18.0 Å². The van der Waals surface area contributed by atoms with Gasteiger partial charge in [-0.15, -0.1) is 0 Å². The number of halogens is 1. The summed E-state index contributed by atoms with van der Waals surface area (Å²) in [6.07, 6.45) is 7.04. The van der Waals surface area contributed by atoms with E-state index in [1.807, 2.05) is 0 Å². The molecule has 1 fully saturated rings. The molecule has 100 valence electrons. The summed E-state index contributed by atoms with van der Waals surface area (Å²) >= 11 is 2.43. The molecule has 1 aliphatic carbocycles. The average molecular weight is 357 g/mol. The molecule has 1 aromatic rings. The maximum atomic E-state index is 2.56. The van der Waals surface area contributed by atoms with Crippen molar-refractivity contribution in [1.29, 1.82) is 0 Å². The van der Waals surface area contributed by atoms with E-state index in [2.05, 4.69) is 60.5 Å². The van der Waals surface area contributed by atoms with E-state index in [1.54, 1.807) is 0 Å². The summed E-state index contributed by atoms with van der Waals surface area (Å²) in [5.41, 5.74) is 4.35. The number of nitrogens with zero attached hydrogens (tertiary/aromatic N) is 1. The van der Waals surface area contributed by atoms with Crippen molar-refractivity contribution in [3.05, 3.63) is 32.4 Å². The number of benzene rings is 1. The van der Waals surface area contributed by atoms with Crippen LogP contribution in [0.4, 0.5) is 0 Å². The first-order valence-corrected chi connectivity index (χ1v) is 8.11. The molecule has 2 rings (SSSR count). The van der Waals surface area contributed by atoms with Crippen LogP contribution < -0.4 is 0 Å². The van der Waals surface area contributed by atoms with Gasteiger partial charge in [-0.3, -0.25) is 4.90 Å². The molecule has 2 heteroatoms. The molecule has 0 amide bonds. The summed E-state index contributed by atoms with van der Waals surface area (Å²) < 4.78 is 1.38. The molecule has 0 radical (unpaired) electrons. The molecule has 0 spiro atoms. The molecule has 1 aromatic carbocycles. The minimum absolute atomic E-state index is 0.803. The van der Waals surface area contributed by atoms with Crippen LogP contribution in [0.25, 0.3) is 0 Å². The smallest absolute Gasteiger partial charge is 0.0236 e. The minimum Gasteiger partial charge on any atom is -0.299 e. The normalized spacial score (nSPS) is 17.4. The molecule has 1 saturated carbocycles. The zero-order chi connectivity index (χ0) is 13.1. The van der Waals surface area contributed by atoms with Crippen molar-refractivity contribution in [2.75, 3.05) is 7.05 Å². The van der Waals surface area contributed by atoms with Gasteiger partial charge in [0.1, 0.15) is 0 Å². The van der Waals surface area contributed by atoms with Gasteiger partial charge in [-0.05, 0) is 79.1 Å². The van der Waals surface area contributed by atoms with Crippen LogP contribution in [0.3, 0.4) is 0 Å². The van der Waals surface area contributed by atoms with Crippen LogP contribution in [0.15, 0.2) is 12.1 Å². The van der Waals surface area contributed by atoms with E-state index in [0.29, 0.717) is 0 Å². The summed E-state index contributed by atoms with van der Waals surface area (Å²) in [5, 5.41) is 0. The number of hydrogen-bond acceptors (Lipinski definition) is 1. The Morgan fingerprint density at radius 2 is 1.78 bits per heavy atom. The monoisotopic (exact) mass is 357 g/mol. The molecule has 0 heterocycles. The van der Waals surface area contributed by atoms with Gasteiger partial charge < -0.3 is 0 Å². The Hall–Kier alpha value is -0.0900. The van der Waals surface area contributed by atoms with Gasteiger partial charge in [0.05, 0.1) is 0 Å². The lowest BCUT2D eigenvalue weighted by Crippen LogP contribution is -2.33. The van der Waals surface area contributed by atoms with Crippen molar-refractivity contribution in [3.63, 3.8) is 0 Å². The van der Waals surface area contributed by atoms with E-state index in [4.69, 9.17) is 0 Å². The topological polar surface area (TPSA) is 3.24 Å². The van der Waals surface area contributed by atoms with Gasteiger partial charge in [0.2, 0.25) is 0 Å². The molecule has 0 aromatic heterocycles. The van der Waals surface area contributed by atoms with Crippen molar-refractivity contribution in [1.82, 2.24) is 4.90 Å². The fourth-order valence-corrected chi connectivity index (χ4v) is 3.55. The first-order valence-electron chi connectivity index (χ1n) is 7.04. The second kappa shape index (κ2) is 6.38. The van der Waals surface area contributed by atoms with E-state index >= 15 is 0 Å². The summed E-state index contributed by atoms with van der Waals surface area (Å²) in [4.78, 5) is 2.56. The first-order chi connectivity index (χ1) is 8.58. The maximum absolute atomic E-state index is 2.56. The quantitative estimate of drug-likeness (QED) is 0.711. The molecule has 0 atom stereocenters. The van der Waals surface area contributed by atoms with E-state index in [1.165, 1.54) is 52.4 Å². The van der Waals surface area contributed by atoms with Crippen molar-refractivity contribution < 1.29 is 0 Å². The van der Waals surface area contributed by atoms with Crippen LogP contribution in [0.2, 0.25) is 0 Å². The maximum Gasteiger partial charge on any atom is 0.0236 e. The standard InChI is InChI=1S/C16H24IN/c1-12-10-16(17)13(2)9-14(12)11-18(3)15-7-5-4-6-8-15/h9-10,15H,4-8,11H2,1-3H3. The zero-order valence-corrected chi connectivity index (χ0v) is 14.0. The lowest BCUT2D eigenvalue weighted by molar-refractivity contribution is 0.184. The number of rotatable bonds is 3. The fourth-order valence-electron chi connectivity index (χ4n) is 2.93. The van der Waals surface area contributed by atoms with Gasteiger partial charge in [0.25, 0.3) is 0 Å². The van der Waals surface area contributed by atoms with Gasteiger partial charge in [-0.25, -0.2) is 0 Å². The Morgan fingerprint density at radius 3 is 2.44 bits per heavy atom. The van der Waals surface area contributed by atoms with Crippen LogP contribution in [0.5, 0.6) is 0 Å². The van der Waals surface area contributed by atoms with Gasteiger partial charge in [-0.1, -0.05) is 25.3 Å². The van der Waals surface area contributed by atoms with Gasteiger partial charge in [0.15, 0.2) is 0 Å². The summed E-state index contributed by atoms with van der Waals surface area (Å²) in [7, 11) is 2.29. The van der Waals surface area contributed by atoms with Crippen LogP contribution in [0, 0.1) is 17.4 Å². The van der Waals surface area contributed by atoms with Crippen molar-refractivity contribution in [2.45, 2.75) is 58.5 Å². The van der Waals surface area contributed by atoms with Gasteiger partial charge in [-0.2, -0.15) is 0 Å². The molecule has 0 N–H and O–H groups in total. The summed E-state index contributed by atoms with van der Waals surface area (Å²) in [6.45, 7) is 5.56. The number of aryl methyl sites for hydroxylation is 2. The third kappa shape index (κ3) is 3.47. The molecule has 0 bridgehead atoms. The highest BCUT2D eigenvalue weighted by Crippen LogP contribution is 2.24. The summed E-state index contributed by atoms with van der Waals surface area (Å²) in [5.74, 6) is 0. The predicted octanol–water partition coefficient (Wildman–Crippen LogP) is 4.67. The Labute approximate surface area is 125 Å². The molecule has 0 saturated heterocycles. The van der Waals surface area contributed by atoms with Gasteiger partial charge in [0, 0.05) is 16.2 Å². The highest BCUT2D eigenvalue weighted by atomic mass is 127. The third-order valence-electron chi connectivity index (χ3n) is 4.23. The second-order valence-corrected chi connectivity index (χ2v) is 6.90. The molecule has 1 nitrogen and oxygen atoms in total. The Morgan fingerprint density at radius 1 is 1.11 bits per heavy atom. The lowest BCUT2D eigenvalue weighted by atomic mass is 9.94. The predicted molar refractivity (Wildman–Crippen MR) is 87.0 cm³/mol. The molecular weight excluding hydrogens is 333 g/mol. The molecule has 0 unspecified atom stereocenters. The third-order valence-corrected chi connectivity index (χ3v) is 5.40. The van der Waals surface area contributed by atoms with Crippen molar-refractivity contribution in [3.8, 4) is 0 Å². The van der Waals surface area contributed by atoms with Crippen LogP contribution in [0.1, 0.15) is 48.8 Å². The fraction of sp³-hybridized carbons (Fsp3) is 0.625. The SMILES string of the molecule is Cc1cc(CN(C)C2CCCCC2)c(C)cc1I. The van der Waals surface area contributed by atoms with Crippen LogP contribution in [-0.2, 0) is 6.54 Å². The zero-order valence-electron chi connectivity index (χ0n) is 11.8. The van der Waals surface area contributed by atoms with E-state index in [0.717, 1.165) is 12.6 Å². The van der Waals surface area contributed by atoms with Crippen molar-refractivity contribution >= 4 is 22.6 Å². The second-order valence-electron chi connectivity index (χ2n) is 5.73. The van der Waals surface area contributed by atoms with E-state index in [9.17, 15) is 0 Å². The Kier molecular flexibility index (Phi) is 5.07. The Balaban J connectivity index is 2.06. The lowest BCUT2D eigenvalue weighted by Gasteiger charge is -2.31. The minimum atomic E-state index is 0.803. The molecule has 18 heavy (non-hydrogen) atoms. The van der Waals surface area contributed by atoms with E-state index < -0.39 is 0 Å². The van der Waals surface area contributed by atoms with Crippen molar-refractivity contribution in [2.24, 2.45) is 0 Å². The summed E-state index contributed by atoms with van der Waals surface area (Å²) in [6, 6.07) is 5.49. The first kappa shape index (κ1) is 14.3. The highest BCUT2D eigenvalue weighted by molar-refractivity contribution is 14.1. The Bertz CT molecular complexity index is 408. The molecule has 0 aliphatic heterocycles. The molecular formula is C16H24IN. The van der Waals surface area contributed by atoms with E-state index in [-0.39, 0.29) is 0 Å². The average Bonchev–Trinajstić information content (AvgIpc) is 2.37. The number of hydrogen-bond donors (Lipinski definition) is 0.